The van der Waals surface area contributed by atoms with Crippen LogP contribution in [0, 0.1) is 0 Å². The van der Waals surface area contributed by atoms with E-state index in [9.17, 15) is 4.79 Å². The number of aliphatic hydroxyl groups excluding tert-OH is 1. The van der Waals surface area contributed by atoms with Gasteiger partial charge in [0.25, 0.3) is 0 Å². The molecule has 0 aliphatic heterocycles. The summed E-state index contributed by atoms with van der Waals surface area (Å²) in [5.41, 5.74) is 0.462. The van der Waals surface area contributed by atoms with Gasteiger partial charge in [-0.15, -0.1) is 0 Å². The first-order valence-corrected chi connectivity index (χ1v) is 5.27. The number of rotatable bonds is 7. The zero-order valence-electron chi connectivity index (χ0n) is 9.31. The number of carbonyl (C=O) groups is 1. The van der Waals surface area contributed by atoms with Gasteiger partial charge in [0.15, 0.2) is 6.29 Å². The van der Waals surface area contributed by atoms with Crippen LogP contribution in [-0.2, 0) is 0 Å². The molecular weight excluding hydrogens is 208 g/mol. The van der Waals surface area contributed by atoms with E-state index < -0.39 is 0 Å². The van der Waals surface area contributed by atoms with E-state index in [4.69, 9.17) is 14.6 Å². The predicted octanol–water partition coefficient (Wildman–Crippen LogP) is 1.66. The Labute approximate surface area is 94.8 Å². The van der Waals surface area contributed by atoms with E-state index in [0.29, 0.717) is 36.7 Å². The van der Waals surface area contributed by atoms with E-state index >= 15 is 0 Å². The van der Waals surface area contributed by atoms with Crippen LogP contribution < -0.4 is 9.47 Å². The highest BCUT2D eigenvalue weighted by Gasteiger charge is 2.04. The van der Waals surface area contributed by atoms with E-state index in [0.717, 1.165) is 6.29 Å². The highest BCUT2D eigenvalue weighted by atomic mass is 16.5. The first-order chi connectivity index (χ1) is 7.81. The van der Waals surface area contributed by atoms with Crippen molar-refractivity contribution in [3.8, 4) is 11.5 Å². The molecule has 4 heteroatoms. The second kappa shape index (κ2) is 6.85. The molecule has 0 heterocycles. The first-order valence-electron chi connectivity index (χ1n) is 5.27. The van der Waals surface area contributed by atoms with Crippen LogP contribution in [0.2, 0.25) is 0 Å². The average Bonchev–Trinajstić information content (AvgIpc) is 2.31. The molecule has 0 aliphatic rings. The van der Waals surface area contributed by atoms with Crippen LogP contribution in [0.5, 0.6) is 11.5 Å². The number of carbonyl (C=O) groups excluding carboxylic acids is 1. The highest BCUT2D eigenvalue weighted by molar-refractivity contribution is 5.80. The summed E-state index contributed by atoms with van der Waals surface area (Å²) in [5.74, 6) is 1.17. The first kappa shape index (κ1) is 12.5. The van der Waals surface area contributed by atoms with Gasteiger partial charge < -0.3 is 14.6 Å². The summed E-state index contributed by atoms with van der Waals surface area (Å²) in [6, 6.07) is 5.10. The number of benzene rings is 1. The maximum Gasteiger partial charge on any atom is 0.153 e. The van der Waals surface area contributed by atoms with Gasteiger partial charge in [-0.1, -0.05) is 0 Å². The van der Waals surface area contributed by atoms with Gasteiger partial charge in [0.05, 0.1) is 18.8 Å². The molecule has 0 saturated carbocycles. The number of aliphatic hydroxyl groups is 1. The van der Waals surface area contributed by atoms with E-state index in [1.54, 1.807) is 18.2 Å². The normalized spacial score (nSPS) is 9.88. The molecule has 1 aromatic carbocycles. The molecule has 0 aromatic heterocycles. The van der Waals surface area contributed by atoms with Crippen molar-refractivity contribution in [2.45, 2.75) is 13.3 Å². The summed E-state index contributed by atoms with van der Waals surface area (Å²) in [6.45, 7) is 2.91. The van der Waals surface area contributed by atoms with E-state index in [-0.39, 0.29) is 6.61 Å². The van der Waals surface area contributed by atoms with Crippen molar-refractivity contribution in [1.29, 1.82) is 0 Å². The van der Waals surface area contributed by atoms with Gasteiger partial charge in [-0.3, -0.25) is 4.79 Å². The molecule has 0 amide bonds. The highest BCUT2D eigenvalue weighted by Crippen LogP contribution is 2.22. The van der Waals surface area contributed by atoms with Crippen LogP contribution in [0.25, 0.3) is 0 Å². The zero-order valence-corrected chi connectivity index (χ0v) is 9.31. The van der Waals surface area contributed by atoms with Gasteiger partial charge in [-0.05, 0) is 25.1 Å². The van der Waals surface area contributed by atoms with Crippen molar-refractivity contribution >= 4 is 6.29 Å². The Balaban J connectivity index is 2.72. The Morgan fingerprint density at radius 1 is 1.38 bits per heavy atom. The van der Waals surface area contributed by atoms with Crippen molar-refractivity contribution in [3.63, 3.8) is 0 Å². The summed E-state index contributed by atoms with van der Waals surface area (Å²) in [6.07, 6.45) is 1.28. The molecule has 0 radical (unpaired) electrons. The monoisotopic (exact) mass is 224 g/mol. The summed E-state index contributed by atoms with van der Waals surface area (Å²) in [5, 5.41) is 8.62. The van der Waals surface area contributed by atoms with Gasteiger partial charge in [-0.25, -0.2) is 0 Å². The smallest absolute Gasteiger partial charge is 0.153 e. The summed E-state index contributed by atoms with van der Waals surface area (Å²) in [4.78, 5) is 10.8. The number of ether oxygens (including phenoxy) is 2. The molecule has 16 heavy (non-hydrogen) atoms. The van der Waals surface area contributed by atoms with Gasteiger partial charge in [0, 0.05) is 13.0 Å². The Morgan fingerprint density at radius 3 is 2.81 bits per heavy atom. The minimum Gasteiger partial charge on any atom is -0.494 e. The molecule has 4 nitrogen and oxygen atoms in total. The van der Waals surface area contributed by atoms with Crippen LogP contribution in [0.3, 0.4) is 0 Å². The van der Waals surface area contributed by atoms with E-state index in [1.807, 2.05) is 6.92 Å². The quantitative estimate of drug-likeness (QED) is 0.565. The second-order valence-electron chi connectivity index (χ2n) is 3.18. The SMILES string of the molecule is CCOc1ccc(OCCCO)c(C=O)c1. The zero-order chi connectivity index (χ0) is 11.8. The maximum atomic E-state index is 10.8. The Kier molecular flexibility index (Phi) is 5.36. The molecule has 0 aliphatic carbocycles. The van der Waals surface area contributed by atoms with Crippen LogP contribution in [0.4, 0.5) is 0 Å². The maximum absolute atomic E-state index is 10.8. The van der Waals surface area contributed by atoms with Crippen molar-refractivity contribution < 1.29 is 19.4 Å². The van der Waals surface area contributed by atoms with Crippen molar-refractivity contribution in [2.24, 2.45) is 0 Å². The third-order valence-corrected chi connectivity index (χ3v) is 1.98. The summed E-state index contributed by atoms with van der Waals surface area (Å²) >= 11 is 0. The van der Waals surface area contributed by atoms with Gasteiger partial charge in [-0.2, -0.15) is 0 Å². The fourth-order valence-electron chi connectivity index (χ4n) is 1.25. The van der Waals surface area contributed by atoms with E-state index in [1.165, 1.54) is 0 Å². The summed E-state index contributed by atoms with van der Waals surface area (Å²) in [7, 11) is 0. The lowest BCUT2D eigenvalue weighted by Crippen LogP contribution is -2.02. The van der Waals surface area contributed by atoms with Crippen molar-refractivity contribution in [3.05, 3.63) is 23.8 Å². The molecule has 88 valence electrons. The molecule has 1 rings (SSSR count). The van der Waals surface area contributed by atoms with Crippen molar-refractivity contribution in [2.75, 3.05) is 19.8 Å². The Morgan fingerprint density at radius 2 is 2.19 bits per heavy atom. The van der Waals surface area contributed by atoms with Crippen LogP contribution in [0.1, 0.15) is 23.7 Å². The minimum atomic E-state index is 0.0768. The van der Waals surface area contributed by atoms with Crippen LogP contribution in [-0.4, -0.2) is 31.2 Å². The lowest BCUT2D eigenvalue weighted by molar-refractivity contribution is 0.111. The molecule has 1 aromatic rings. The molecule has 0 fully saturated rings. The molecule has 0 atom stereocenters. The minimum absolute atomic E-state index is 0.0768. The van der Waals surface area contributed by atoms with Gasteiger partial charge >= 0.3 is 0 Å². The molecular formula is C12H16O4. The second-order valence-corrected chi connectivity index (χ2v) is 3.18. The Bertz CT molecular complexity index is 336. The fourth-order valence-corrected chi connectivity index (χ4v) is 1.25. The lowest BCUT2D eigenvalue weighted by atomic mass is 10.2. The van der Waals surface area contributed by atoms with Gasteiger partial charge in [0.1, 0.15) is 11.5 Å². The number of hydrogen-bond donors (Lipinski definition) is 1. The van der Waals surface area contributed by atoms with Crippen LogP contribution >= 0.6 is 0 Å². The third kappa shape index (κ3) is 3.55. The topological polar surface area (TPSA) is 55.8 Å². The van der Waals surface area contributed by atoms with Crippen molar-refractivity contribution in [1.82, 2.24) is 0 Å². The lowest BCUT2D eigenvalue weighted by Gasteiger charge is -2.09. The number of aldehydes is 1. The van der Waals surface area contributed by atoms with Crippen LogP contribution in [0.15, 0.2) is 18.2 Å². The fraction of sp³-hybridized carbons (Fsp3) is 0.417. The molecule has 0 saturated heterocycles. The molecule has 1 N–H and O–H groups in total. The largest absolute Gasteiger partial charge is 0.494 e. The Hall–Kier alpha value is -1.55. The standard InChI is InChI=1S/C12H16O4/c1-2-15-11-4-5-12(10(8-11)9-14)16-7-3-6-13/h4-5,8-9,13H,2-3,6-7H2,1H3. The predicted molar refractivity (Wildman–Crippen MR) is 60.2 cm³/mol. The van der Waals surface area contributed by atoms with Gasteiger partial charge in [0.2, 0.25) is 0 Å². The molecule has 0 spiro atoms. The average molecular weight is 224 g/mol. The molecule has 0 unspecified atom stereocenters. The molecule has 0 bridgehead atoms. The van der Waals surface area contributed by atoms with E-state index in [2.05, 4.69) is 0 Å². The summed E-state index contributed by atoms with van der Waals surface area (Å²) < 4.78 is 10.6. The number of hydrogen-bond acceptors (Lipinski definition) is 4. The third-order valence-electron chi connectivity index (χ3n) is 1.98.